The lowest BCUT2D eigenvalue weighted by atomic mass is 10.1. The van der Waals surface area contributed by atoms with Crippen molar-refractivity contribution in [1.29, 1.82) is 0 Å². The molecule has 0 saturated heterocycles. The molecular formula is C17H15N5O7. The zero-order valence-electron chi connectivity index (χ0n) is 15.2. The molecule has 1 N–H and O–H groups in total. The number of nitrogens with zero attached hydrogens (tertiary/aromatic N) is 4. The number of aromatic nitrogens is 2. The number of ether oxygens (including phenoxy) is 1. The summed E-state index contributed by atoms with van der Waals surface area (Å²) in [4.78, 5) is 33.0. The van der Waals surface area contributed by atoms with Gasteiger partial charge in [-0.2, -0.15) is 0 Å². The lowest BCUT2D eigenvalue weighted by Gasteiger charge is -2.08. The number of anilines is 2. The van der Waals surface area contributed by atoms with Crippen molar-refractivity contribution in [2.75, 3.05) is 11.9 Å². The van der Waals surface area contributed by atoms with Crippen LogP contribution in [0.3, 0.4) is 0 Å². The van der Waals surface area contributed by atoms with Gasteiger partial charge in [0.15, 0.2) is 5.52 Å². The summed E-state index contributed by atoms with van der Waals surface area (Å²) in [6, 6.07) is 6.80. The van der Waals surface area contributed by atoms with Crippen molar-refractivity contribution in [3.63, 3.8) is 0 Å². The van der Waals surface area contributed by atoms with Crippen LogP contribution in [0.1, 0.15) is 30.1 Å². The molecule has 0 bridgehead atoms. The van der Waals surface area contributed by atoms with Gasteiger partial charge in [0.2, 0.25) is 5.52 Å². The average molecular weight is 401 g/mol. The highest BCUT2D eigenvalue weighted by Gasteiger charge is 2.29. The molecule has 0 aliphatic rings. The first-order chi connectivity index (χ1) is 13.9. The molecule has 29 heavy (non-hydrogen) atoms. The second-order valence-electron chi connectivity index (χ2n) is 5.96. The van der Waals surface area contributed by atoms with E-state index in [-0.39, 0.29) is 16.7 Å². The lowest BCUT2D eigenvalue weighted by molar-refractivity contribution is -0.392. The molecule has 12 heteroatoms. The largest absolute Gasteiger partial charge is 0.462 e. The second-order valence-corrected chi connectivity index (χ2v) is 5.96. The number of nitro groups is 2. The molecule has 1 heterocycles. The third kappa shape index (κ3) is 4.10. The molecule has 0 spiro atoms. The smallest absolute Gasteiger partial charge is 0.338 e. The van der Waals surface area contributed by atoms with Crippen LogP contribution in [0, 0.1) is 20.2 Å². The Morgan fingerprint density at radius 3 is 2.38 bits per heavy atom. The van der Waals surface area contributed by atoms with Gasteiger partial charge in [0.05, 0.1) is 28.1 Å². The van der Waals surface area contributed by atoms with Crippen LogP contribution in [-0.4, -0.2) is 32.7 Å². The molecule has 2 aromatic carbocycles. The molecule has 0 fully saturated rings. The van der Waals surface area contributed by atoms with Crippen LogP contribution in [0.2, 0.25) is 0 Å². The van der Waals surface area contributed by atoms with E-state index in [1.165, 1.54) is 24.3 Å². The van der Waals surface area contributed by atoms with Crippen LogP contribution in [0.4, 0.5) is 22.7 Å². The van der Waals surface area contributed by atoms with Crippen LogP contribution in [0.5, 0.6) is 0 Å². The summed E-state index contributed by atoms with van der Waals surface area (Å²) in [5, 5.41) is 32.4. The summed E-state index contributed by atoms with van der Waals surface area (Å²) in [6.07, 6.45) is 1.66. The van der Waals surface area contributed by atoms with Gasteiger partial charge in [-0.3, -0.25) is 20.2 Å². The van der Waals surface area contributed by atoms with E-state index in [0.29, 0.717) is 17.9 Å². The van der Waals surface area contributed by atoms with Gasteiger partial charge >= 0.3 is 17.3 Å². The highest BCUT2D eigenvalue weighted by molar-refractivity contribution is 6.00. The van der Waals surface area contributed by atoms with E-state index >= 15 is 0 Å². The molecule has 0 aliphatic carbocycles. The van der Waals surface area contributed by atoms with Gasteiger partial charge in [0.25, 0.3) is 0 Å². The van der Waals surface area contributed by atoms with E-state index < -0.39 is 27.2 Å². The number of fused-ring (bicyclic) bond motifs is 1. The Balaban J connectivity index is 1.92. The first kappa shape index (κ1) is 19.7. The molecule has 150 valence electrons. The number of hydrogen-bond donors (Lipinski definition) is 1. The maximum atomic E-state index is 11.9. The fourth-order valence-corrected chi connectivity index (χ4v) is 2.54. The normalized spacial score (nSPS) is 10.7. The summed E-state index contributed by atoms with van der Waals surface area (Å²) in [5.74, 6) is -0.477. The Morgan fingerprint density at radius 2 is 1.76 bits per heavy atom. The highest BCUT2D eigenvalue weighted by atomic mass is 16.6. The first-order valence-electron chi connectivity index (χ1n) is 8.54. The van der Waals surface area contributed by atoms with Gasteiger partial charge in [-0.25, -0.2) is 9.42 Å². The minimum atomic E-state index is -0.803. The molecular weight excluding hydrogens is 386 g/mol. The van der Waals surface area contributed by atoms with Crippen molar-refractivity contribution >= 4 is 39.8 Å². The summed E-state index contributed by atoms with van der Waals surface area (Å²) < 4.78 is 9.65. The highest BCUT2D eigenvalue weighted by Crippen LogP contribution is 2.39. The van der Waals surface area contributed by atoms with Crippen LogP contribution >= 0.6 is 0 Å². The molecule has 3 rings (SSSR count). The van der Waals surface area contributed by atoms with Crippen LogP contribution < -0.4 is 5.32 Å². The van der Waals surface area contributed by atoms with Crippen LogP contribution in [0.25, 0.3) is 11.0 Å². The lowest BCUT2D eigenvalue weighted by Crippen LogP contribution is -2.06. The number of non-ortho nitro benzene ring substituents is 1. The Morgan fingerprint density at radius 1 is 1.10 bits per heavy atom. The molecule has 0 amide bonds. The SMILES string of the molecule is CCCCOC(=O)c1ccc(Nc2c([N+](=O)[O-])cc([N+](=O)[O-])c3nonc23)cc1. The number of carbonyl (C=O) groups excluding carboxylic acids is 1. The van der Waals surface area contributed by atoms with Gasteiger partial charge in [0, 0.05) is 5.69 Å². The van der Waals surface area contributed by atoms with Crippen molar-refractivity contribution in [1.82, 2.24) is 10.3 Å². The van der Waals surface area contributed by atoms with Crippen molar-refractivity contribution in [3.8, 4) is 0 Å². The summed E-state index contributed by atoms with van der Waals surface area (Å²) in [7, 11) is 0. The number of rotatable bonds is 8. The van der Waals surface area contributed by atoms with Gasteiger partial charge in [0.1, 0.15) is 5.69 Å². The average Bonchev–Trinajstić information content (AvgIpc) is 3.18. The van der Waals surface area contributed by atoms with Crippen molar-refractivity contribution in [2.45, 2.75) is 19.8 Å². The molecule has 0 atom stereocenters. The molecule has 0 saturated carbocycles. The quantitative estimate of drug-likeness (QED) is 0.254. The fourth-order valence-electron chi connectivity index (χ4n) is 2.54. The molecule has 0 radical (unpaired) electrons. The zero-order valence-corrected chi connectivity index (χ0v) is 15.2. The van der Waals surface area contributed by atoms with Crippen molar-refractivity contribution in [3.05, 3.63) is 56.1 Å². The van der Waals surface area contributed by atoms with E-state index in [9.17, 15) is 25.0 Å². The fraction of sp³-hybridized carbons (Fsp3) is 0.235. The van der Waals surface area contributed by atoms with E-state index in [2.05, 4.69) is 20.3 Å². The van der Waals surface area contributed by atoms with Gasteiger partial charge < -0.3 is 10.1 Å². The predicted molar refractivity (Wildman–Crippen MR) is 100 cm³/mol. The third-order valence-corrected chi connectivity index (χ3v) is 4.01. The van der Waals surface area contributed by atoms with E-state index in [1.807, 2.05) is 6.92 Å². The standard InChI is InChI=1S/C17H15N5O7/c1-2-3-8-28-17(23)10-4-6-11(7-5-10)18-14-12(21(24)25)9-13(22(26)27)15-16(14)20-29-19-15/h4-7,9,18H,2-3,8H2,1H3. The Labute approximate surface area is 162 Å². The number of unbranched alkanes of at least 4 members (excludes halogenated alkanes) is 1. The second kappa shape index (κ2) is 8.29. The molecule has 0 aliphatic heterocycles. The summed E-state index contributed by atoms with van der Waals surface area (Å²) in [6.45, 7) is 2.30. The number of benzene rings is 2. The predicted octanol–water partition coefficient (Wildman–Crippen LogP) is 3.74. The Bertz CT molecular complexity index is 1080. The minimum absolute atomic E-state index is 0.116. The van der Waals surface area contributed by atoms with Crippen molar-refractivity contribution < 1.29 is 24.0 Å². The summed E-state index contributed by atoms with van der Waals surface area (Å²) in [5.41, 5.74) is -0.954. The van der Waals surface area contributed by atoms with Gasteiger partial charge in [-0.05, 0) is 41.0 Å². The number of hydrogen-bond acceptors (Lipinski definition) is 10. The van der Waals surface area contributed by atoms with Gasteiger partial charge in [-0.1, -0.05) is 13.3 Å². The van der Waals surface area contributed by atoms with Crippen LogP contribution in [-0.2, 0) is 4.74 Å². The monoisotopic (exact) mass is 401 g/mol. The van der Waals surface area contributed by atoms with Crippen LogP contribution in [0.15, 0.2) is 35.0 Å². The summed E-state index contributed by atoms with van der Waals surface area (Å²) >= 11 is 0. The van der Waals surface area contributed by atoms with Gasteiger partial charge in [-0.15, -0.1) is 0 Å². The topological polar surface area (TPSA) is 164 Å². The molecule has 12 nitrogen and oxygen atoms in total. The molecule has 0 unspecified atom stereocenters. The maximum absolute atomic E-state index is 11.9. The van der Waals surface area contributed by atoms with E-state index in [0.717, 1.165) is 18.9 Å². The van der Waals surface area contributed by atoms with E-state index in [1.54, 1.807) is 0 Å². The Kier molecular flexibility index (Phi) is 5.62. The number of nitrogens with one attached hydrogen (secondary N) is 1. The number of nitro benzene ring substituents is 2. The molecule has 1 aromatic heterocycles. The van der Waals surface area contributed by atoms with E-state index in [4.69, 9.17) is 4.74 Å². The zero-order chi connectivity index (χ0) is 21.0. The third-order valence-electron chi connectivity index (χ3n) is 4.01. The first-order valence-corrected chi connectivity index (χ1v) is 8.54. The number of carbonyl (C=O) groups is 1. The maximum Gasteiger partial charge on any atom is 0.338 e. The Hall–Kier alpha value is -4.09. The molecule has 3 aromatic rings. The minimum Gasteiger partial charge on any atom is -0.462 e. The number of esters is 1. The van der Waals surface area contributed by atoms with Crippen molar-refractivity contribution in [2.24, 2.45) is 0 Å².